The molecule has 0 bridgehead atoms. The molecule has 11 nitrogen and oxygen atoms in total. The molecule has 0 saturated carbocycles. The van der Waals surface area contributed by atoms with Crippen molar-refractivity contribution >= 4 is 21.7 Å². The lowest BCUT2D eigenvalue weighted by atomic mass is 9.97. The monoisotopic (exact) mass is 488 g/mol. The first-order valence-corrected chi connectivity index (χ1v) is 12.7. The first-order valence-electron chi connectivity index (χ1n) is 11.3. The Kier molecular flexibility index (Phi) is 7.23. The van der Waals surface area contributed by atoms with Crippen LogP contribution >= 0.6 is 0 Å². The zero-order valence-electron chi connectivity index (χ0n) is 18.7. The number of aromatic amines is 1. The lowest BCUT2D eigenvalue weighted by molar-refractivity contribution is -0.126. The summed E-state index contributed by atoms with van der Waals surface area (Å²) < 4.78 is 38.9. The number of nitrogens with two attached hydrogens (primary N) is 1. The standard InChI is InChI=1S/C22H28N6O5S/c23-14-17-18(26-27-21(17)24)3-1-8-25-22(29)15-6-9-28(10-7-15)34(30,31)16-4-5-19-20(13-16)33-12-2-11-32-19/h4-5,13,15H,1-3,6-12H2,(H,25,29)(H3,24,26,27). The van der Waals surface area contributed by atoms with Gasteiger partial charge >= 0.3 is 0 Å². The van der Waals surface area contributed by atoms with Crippen LogP contribution in [0.25, 0.3) is 0 Å². The maximum atomic E-state index is 13.1. The fourth-order valence-electron chi connectivity index (χ4n) is 4.13. The van der Waals surface area contributed by atoms with Crippen LogP contribution < -0.4 is 20.5 Å². The molecule has 0 atom stereocenters. The summed E-state index contributed by atoms with van der Waals surface area (Å²) in [5, 5.41) is 18.6. The summed E-state index contributed by atoms with van der Waals surface area (Å²) >= 11 is 0. The van der Waals surface area contributed by atoms with E-state index in [4.69, 9.17) is 20.5 Å². The number of nitrogens with one attached hydrogen (secondary N) is 2. The van der Waals surface area contributed by atoms with Gasteiger partial charge in [0.25, 0.3) is 0 Å². The summed E-state index contributed by atoms with van der Waals surface area (Å²) in [6.07, 6.45) is 2.81. The molecule has 4 N–H and O–H groups in total. The van der Waals surface area contributed by atoms with Crippen LogP contribution in [0.2, 0.25) is 0 Å². The molecule has 0 aliphatic carbocycles. The van der Waals surface area contributed by atoms with Gasteiger partial charge in [-0.05, 0) is 37.8 Å². The first-order chi connectivity index (χ1) is 16.4. The number of aromatic nitrogens is 2. The summed E-state index contributed by atoms with van der Waals surface area (Å²) in [6, 6.07) is 6.70. The van der Waals surface area contributed by atoms with Crippen molar-refractivity contribution in [2.75, 3.05) is 38.6 Å². The van der Waals surface area contributed by atoms with Gasteiger partial charge in [-0.1, -0.05) is 0 Å². The molecule has 1 aromatic carbocycles. The van der Waals surface area contributed by atoms with E-state index < -0.39 is 10.0 Å². The van der Waals surface area contributed by atoms with Gasteiger partial charge in [-0.3, -0.25) is 9.89 Å². The summed E-state index contributed by atoms with van der Waals surface area (Å²) in [4.78, 5) is 12.7. The molecule has 0 radical (unpaired) electrons. The van der Waals surface area contributed by atoms with Gasteiger partial charge in [0.1, 0.15) is 11.6 Å². The van der Waals surface area contributed by atoms with E-state index in [2.05, 4.69) is 15.5 Å². The van der Waals surface area contributed by atoms with Crippen molar-refractivity contribution in [1.29, 1.82) is 5.26 Å². The number of rotatable bonds is 7. The minimum atomic E-state index is -3.69. The Labute approximate surface area is 198 Å². The van der Waals surface area contributed by atoms with Crippen molar-refractivity contribution in [2.24, 2.45) is 5.92 Å². The fourth-order valence-corrected chi connectivity index (χ4v) is 5.62. The number of ether oxygens (including phenoxy) is 2. The topological polar surface area (TPSA) is 163 Å². The number of nitriles is 1. The van der Waals surface area contributed by atoms with Crippen molar-refractivity contribution in [2.45, 2.75) is 37.0 Å². The zero-order chi connectivity index (χ0) is 24.1. The smallest absolute Gasteiger partial charge is 0.243 e. The predicted molar refractivity (Wildman–Crippen MR) is 123 cm³/mol. The number of aryl methyl sites for hydroxylation is 1. The molecule has 12 heteroatoms. The Morgan fingerprint density at radius 3 is 2.74 bits per heavy atom. The third-order valence-electron chi connectivity index (χ3n) is 6.07. The average molecular weight is 489 g/mol. The van der Waals surface area contributed by atoms with Crippen LogP contribution in [-0.2, 0) is 21.2 Å². The highest BCUT2D eigenvalue weighted by Gasteiger charge is 2.32. The molecule has 34 heavy (non-hydrogen) atoms. The van der Waals surface area contributed by atoms with Gasteiger partial charge in [-0.25, -0.2) is 8.42 Å². The van der Waals surface area contributed by atoms with Gasteiger partial charge in [0.05, 0.1) is 23.8 Å². The Bertz CT molecular complexity index is 1180. The largest absolute Gasteiger partial charge is 0.490 e. The van der Waals surface area contributed by atoms with Gasteiger partial charge in [0, 0.05) is 38.0 Å². The van der Waals surface area contributed by atoms with E-state index in [1.807, 2.05) is 6.07 Å². The Hall–Kier alpha value is -3.30. The molecule has 0 unspecified atom stereocenters. The molecule has 2 aliphatic heterocycles. The minimum Gasteiger partial charge on any atom is -0.490 e. The molecule has 1 aromatic heterocycles. The number of nitrogens with zero attached hydrogens (tertiary/aromatic N) is 3. The van der Waals surface area contributed by atoms with Crippen molar-refractivity contribution in [3.8, 4) is 17.6 Å². The predicted octanol–water partition coefficient (Wildman–Crippen LogP) is 1.17. The second-order valence-electron chi connectivity index (χ2n) is 8.31. The maximum Gasteiger partial charge on any atom is 0.243 e. The number of nitrogen functional groups attached to an aromatic ring is 1. The molecule has 1 amide bonds. The number of carbonyl (C=O) groups excluding carboxylic acids is 1. The molecule has 1 fully saturated rings. The number of amides is 1. The van der Waals surface area contributed by atoms with Crippen LogP contribution in [0.4, 0.5) is 5.82 Å². The Balaban J connectivity index is 1.26. The van der Waals surface area contributed by atoms with Crippen LogP contribution in [0.3, 0.4) is 0 Å². The highest BCUT2D eigenvalue weighted by Crippen LogP contribution is 2.33. The lowest BCUT2D eigenvalue weighted by Gasteiger charge is -2.30. The van der Waals surface area contributed by atoms with E-state index in [0.29, 0.717) is 68.2 Å². The van der Waals surface area contributed by atoms with Crippen LogP contribution in [0.15, 0.2) is 23.1 Å². The highest BCUT2D eigenvalue weighted by molar-refractivity contribution is 7.89. The van der Waals surface area contributed by atoms with E-state index in [1.165, 1.54) is 16.4 Å². The van der Waals surface area contributed by atoms with E-state index in [9.17, 15) is 13.2 Å². The van der Waals surface area contributed by atoms with Gasteiger partial charge in [0.15, 0.2) is 17.3 Å². The third kappa shape index (κ3) is 5.10. The molecule has 4 rings (SSSR count). The van der Waals surface area contributed by atoms with Gasteiger partial charge in [0.2, 0.25) is 15.9 Å². The quantitative estimate of drug-likeness (QED) is 0.489. The third-order valence-corrected chi connectivity index (χ3v) is 7.96. The highest BCUT2D eigenvalue weighted by atomic mass is 32.2. The minimum absolute atomic E-state index is 0.0859. The van der Waals surface area contributed by atoms with Crippen LogP contribution in [0, 0.1) is 17.2 Å². The maximum absolute atomic E-state index is 13.1. The second kappa shape index (κ2) is 10.3. The zero-order valence-corrected chi connectivity index (χ0v) is 19.6. The van der Waals surface area contributed by atoms with Gasteiger partial charge in [-0.2, -0.15) is 14.7 Å². The molecule has 1 saturated heterocycles. The number of sulfonamides is 1. The summed E-state index contributed by atoms with van der Waals surface area (Å²) in [7, 11) is -3.69. The molecular formula is C22H28N6O5S. The number of anilines is 1. The van der Waals surface area contributed by atoms with Crippen LogP contribution in [-0.4, -0.2) is 61.7 Å². The Morgan fingerprint density at radius 2 is 2.00 bits per heavy atom. The molecular weight excluding hydrogens is 460 g/mol. The number of hydrogen-bond donors (Lipinski definition) is 3. The number of piperidine rings is 1. The van der Waals surface area contributed by atoms with E-state index in [-0.39, 0.29) is 35.6 Å². The number of hydrogen-bond acceptors (Lipinski definition) is 8. The van der Waals surface area contributed by atoms with Crippen molar-refractivity contribution < 1.29 is 22.7 Å². The fraction of sp³-hybridized carbons (Fsp3) is 0.500. The van der Waals surface area contributed by atoms with Gasteiger partial charge in [-0.15, -0.1) is 0 Å². The SMILES string of the molecule is N#Cc1c(N)n[nH]c1CCCNC(=O)C1CCN(S(=O)(=O)c2ccc3c(c2)OCCCO3)CC1. The number of H-pyrrole nitrogens is 1. The normalized spacial score (nSPS) is 17.0. The molecule has 3 heterocycles. The Morgan fingerprint density at radius 1 is 1.26 bits per heavy atom. The van der Waals surface area contributed by atoms with E-state index in [0.717, 1.165) is 6.42 Å². The van der Waals surface area contributed by atoms with Crippen molar-refractivity contribution in [1.82, 2.24) is 19.8 Å². The van der Waals surface area contributed by atoms with E-state index in [1.54, 1.807) is 6.07 Å². The first kappa shape index (κ1) is 23.8. The molecule has 2 aliphatic rings. The molecule has 182 valence electrons. The average Bonchev–Trinajstić information content (AvgIpc) is 3.04. The summed E-state index contributed by atoms with van der Waals surface area (Å²) in [5.74, 6) is 0.833. The number of fused-ring (bicyclic) bond motifs is 1. The lowest BCUT2D eigenvalue weighted by Crippen LogP contribution is -2.43. The number of carbonyl (C=O) groups is 1. The van der Waals surface area contributed by atoms with Crippen LogP contribution in [0.5, 0.6) is 11.5 Å². The van der Waals surface area contributed by atoms with Crippen molar-refractivity contribution in [3.63, 3.8) is 0 Å². The van der Waals surface area contributed by atoms with Gasteiger partial charge < -0.3 is 20.5 Å². The number of benzene rings is 1. The van der Waals surface area contributed by atoms with Crippen molar-refractivity contribution in [3.05, 3.63) is 29.5 Å². The van der Waals surface area contributed by atoms with E-state index >= 15 is 0 Å². The second-order valence-corrected chi connectivity index (χ2v) is 10.2. The molecule has 2 aromatic rings. The summed E-state index contributed by atoms with van der Waals surface area (Å²) in [6.45, 7) is 2.00. The molecule has 0 spiro atoms. The van der Waals surface area contributed by atoms with Crippen LogP contribution in [0.1, 0.15) is 36.9 Å². The summed E-state index contributed by atoms with van der Waals surface area (Å²) in [5.41, 5.74) is 6.62.